The lowest BCUT2D eigenvalue weighted by molar-refractivity contribution is 0.255. The summed E-state index contributed by atoms with van der Waals surface area (Å²) in [5.41, 5.74) is 5.57. The standard InChI is InChI=1S/C11H12F3N.ClH/c12-7-4-8(13)10(9(14)5-7)11(15)6-2-1-3-6;/h4-6,11H,1-3,15H2;1H/t11-;/m0./s1. The van der Waals surface area contributed by atoms with E-state index in [2.05, 4.69) is 0 Å². The van der Waals surface area contributed by atoms with Crippen LogP contribution in [0, 0.1) is 23.4 Å². The highest BCUT2D eigenvalue weighted by molar-refractivity contribution is 5.85. The van der Waals surface area contributed by atoms with Crippen molar-refractivity contribution in [1.29, 1.82) is 0 Å². The number of rotatable bonds is 2. The number of benzene rings is 1. The molecule has 0 amide bonds. The van der Waals surface area contributed by atoms with E-state index in [9.17, 15) is 13.2 Å². The van der Waals surface area contributed by atoms with Crippen molar-refractivity contribution >= 4 is 12.4 Å². The van der Waals surface area contributed by atoms with Crippen LogP contribution in [0.25, 0.3) is 0 Å². The number of hydrogen-bond acceptors (Lipinski definition) is 1. The van der Waals surface area contributed by atoms with E-state index in [1.807, 2.05) is 0 Å². The minimum absolute atomic E-state index is 0. The van der Waals surface area contributed by atoms with Crippen LogP contribution in [-0.2, 0) is 0 Å². The van der Waals surface area contributed by atoms with Crippen LogP contribution >= 0.6 is 12.4 Å². The first-order valence-corrected chi connectivity index (χ1v) is 4.99. The van der Waals surface area contributed by atoms with Gasteiger partial charge in [0.05, 0.1) is 0 Å². The average Bonchev–Trinajstić information content (AvgIpc) is 1.97. The largest absolute Gasteiger partial charge is 0.324 e. The summed E-state index contributed by atoms with van der Waals surface area (Å²) in [6.07, 6.45) is 2.82. The second-order valence-electron chi connectivity index (χ2n) is 4.00. The zero-order chi connectivity index (χ0) is 11.0. The quantitative estimate of drug-likeness (QED) is 0.857. The van der Waals surface area contributed by atoms with E-state index >= 15 is 0 Å². The molecule has 2 N–H and O–H groups in total. The predicted octanol–water partition coefficient (Wildman–Crippen LogP) is 3.33. The molecule has 0 unspecified atom stereocenters. The maximum atomic E-state index is 13.3. The van der Waals surface area contributed by atoms with Crippen molar-refractivity contribution < 1.29 is 13.2 Å². The molecule has 0 aromatic heterocycles. The van der Waals surface area contributed by atoms with Crippen molar-refractivity contribution in [1.82, 2.24) is 0 Å². The summed E-state index contributed by atoms with van der Waals surface area (Å²) in [6.45, 7) is 0. The molecule has 1 aromatic rings. The van der Waals surface area contributed by atoms with Gasteiger partial charge in [-0.15, -0.1) is 12.4 Å². The molecule has 1 aromatic carbocycles. The lowest BCUT2D eigenvalue weighted by atomic mass is 9.77. The number of halogens is 4. The molecular formula is C11H13ClF3N. The van der Waals surface area contributed by atoms with Gasteiger partial charge in [-0.3, -0.25) is 0 Å². The van der Waals surface area contributed by atoms with Gasteiger partial charge in [0.15, 0.2) is 0 Å². The molecule has 0 spiro atoms. The summed E-state index contributed by atoms with van der Waals surface area (Å²) in [6, 6.07) is 0.702. The molecule has 0 saturated heterocycles. The fraction of sp³-hybridized carbons (Fsp3) is 0.455. The summed E-state index contributed by atoms with van der Waals surface area (Å²) in [4.78, 5) is 0. The van der Waals surface area contributed by atoms with Crippen LogP contribution in [0.2, 0.25) is 0 Å². The molecule has 0 radical (unpaired) electrons. The first-order valence-electron chi connectivity index (χ1n) is 4.99. The lowest BCUT2D eigenvalue weighted by Gasteiger charge is -2.31. The SMILES string of the molecule is Cl.N[C@H](c1c(F)cc(F)cc1F)C1CCC1. The molecule has 1 aliphatic carbocycles. The zero-order valence-corrected chi connectivity index (χ0v) is 9.37. The van der Waals surface area contributed by atoms with Crippen molar-refractivity contribution in [2.45, 2.75) is 25.3 Å². The van der Waals surface area contributed by atoms with E-state index in [0.29, 0.717) is 12.1 Å². The smallest absolute Gasteiger partial charge is 0.133 e. The van der Waals surface area contributed by atoms with Crippen LogP contribution in [0.4, 0.5) is 13.2 Å². The lowest BCUT2D eigenvalue weighted by Crippen LogP contribution is -2.28. The Morgan fingerprint density at radius 2 is 1.62 bits per heavy atom. The Morgan fingerprint density at radius 3 is 2.00 bits per heavy atom. The van der Waals surface area contributed by atoms with Gasteiger partial charge in [0.2, 0.25) is 0 Å². The average molecular weight is 252 g/mol. The molecule has 1 fully saturated rings. The summed E-state index contributed by atoms with van der Waals surface area (Å²) in [5, 5.41) is 0. The molecule has 5 heteroatoms. The normalized spacial score (nSPS) is 17.5. The second-order valence-corrected chi connectivity index (χ2v) is 4.00. The Kier molecular flexibility index (Phi) is 4.21. The van der Waals surface area contributed by atoms with Gasteiger partial charge in [0, 0.05) is 23.7 Å². The van der Waals surface area contributed by atoms with E-state index in [-0.39, 0.29) is 23.9 Å². The van der Waals surface area contributed by atoms with Gasteiger partial charge in [0.1, 0.15) is 17.5 Å². The molecule has 1 aliphatic rings. The predicted molar refractivity (Wildman–Crippen MR) is 57.8 cm³/mol. The molecule has 90 valence electrons. The van der Waals surface area contributed by atoms with Gasteiger partial charge in [-0.2, -0.15) is 0 Å². The molecule has 2 rings (SSSR count). The fourth-order valence-corrected chi connectivity index (χ4v) is 1.91. The molecule has 0 bridgehead atoms. The van der Waals surface area contributed by atoms with Gasteiger partial charge in [0.25, 0.3) is 0 Å². The van der Waals surface area contributed by atoms with Crippen LogP contribution < -0.4 is 5.73 Å². The van der Waals surface area contributed by atoms with E-state index in [4.69, 9.17) is 5.73 Å². The van der Waals surface area contributed by atoms with E-state index in [0.717, 1.165) is 19.3 Å². The Morgan fingerprint density at radius 1 is 1.12 bits per heavy atom. The van der Waals surface area contributed by atoms with Crippen LogP contribution in [0.3, 0.4) is 0 Å². The van der Waals surface area contributed by atoms with E-state index < -0.39 is 23.5 Å². The van der Waals surface area contributed by atoms with Crippen LogP contribution in [0.1, 0.15) is 30.9 Å². The third-order valence-corrected chi connectivity index (χ3v) is 3.03. The number of hydrogen-bond donors (Lipinski definition) is 1. The van der Waals surface area contributed by atoms with Gasteiger partial charge in [-0.1, -0.05) is 6.42 Å². The Balaban J connectivity index is 0.00000128. The van der Waals surface area contributed by atoms with Gasteiger partial charge in [-0.05, 0) is 18.8 Å². The highest BCUT2D eigenvalue weighted by Crippen LogP contribution is 2.37. The van der Waals surface area contributed by atoms with Gasteiger partial charge in [-0.25, -0.2) is 13.2 Å². The van der Waals surface area contributed by atoms with E-state index in [1.54, 1.807) is 0 Å². The summed E-state index contributed by atoms with van der Waals surface area (Å²) < 4.78 is 39.3. The van der Waals surface area contributed by atoms with Crippen molar-refractivity contribution in [2.24, 2.45) is 11.7 Å². The van der Waals surface area contributed by atoms with Crippen LogP contribution in [-0.4, -0.2) is 0 Å². The monoisotopic (exact) mass is 251 g/mol. The summed E-state index contributed by atoms with van der Waals surface area (Å²) in [7, 11) is 0. The van der Waals surface area contributed by atoms with Gasteiger partial charge < -0.3 is 5.73 Å². The zero-order valence-electron chi connectivity index (χ0n) is 8.55. The van der Waals surface area contributed by atoms with Crippen molar-refractivity contribution in [3.63, 3.8) is 0 Å². The number of nitrogens with two attached hydrogens (primary N) is 1. The first-order chi connectivity index (χ1) is 7.09. The Hall–Kier alpha value is -0.740. The third kappa shape index (κ3) is 2.33. The maximum Gasteiger partial charge on any atom is 0.133 e. The molecule has 1 saturated carbocycles. The molecule has 1 atom stereocenters. The topological polar surface area (TPSA) is 26.0 Å². The highest BCUT2D eigenvalue weighted by Gasteiger charge is 2.29. The molecular weight excluding hydrogens is 239 g/mol. The summed E-state index contributed by atoms with van der Waals surface area (Å²) in [5.74, 6) is -2.55. The minimum atomic E-state index is -0.908. The highest BCUT2D eigenvalue weighted by atomic mass is 35.5. The van der Waals surface area contributed by atoms with Crippen molar-refractivity contribution in [3.8, 4) is 0 Å². The molecule has 0 heterocycles. The first kappa shape index (κ1) is 13.3. The maximum absolute atomic E-state index is 13.3. The Labute approximate surface area is 98.2 Å². The fourth-order valence-electron chi connectivity index (χ4n) is 1.91. The van der Waals surface area contributed by atoms with Crippen molar-refractivity contribution in [2.75, 3.05) is 0 Å². The van der Waals surface area contributed by atoms with Crippen LogP contribution in [0.15, 0.2) is 12.1 Å². The molecule has 1 nitrogen and oxygen atoms in total. The third-order valence-electron chi connectivity index (χ3n) is 3.03. The summed E-state index contributed by atoms with van der Waals surface area (Å²) >= 11 is 0. The van der Waals surface area contributed by atoms with E-state index in [1.165, 1.54) is 0 Å². The Bertz CT molecular complexity index is 356. The van der Waals surface area contributed by atoms with Crippen molar-refractivity contribution in [3.05, 3.63) is 35.1 Å². The minimum Gasteiger partial charge on any atom is -0.324 e. The molecule has 16 heavy (non-hydrogen) atoms. The molecule has 0 aliphatic heterocycles. The van der Waals surface area contributed by atoms with Gasteiger partial charge >= 0.3 is 0 Å². The second kappa shape index (κ2) is 5.06. The van der Waals surface area contributed by atoms with Crippen LogP contribution in [0.5, 0.6) is 0 Å².